The number of aliphatic hydroxyl groups is 1. The van der Waals surface area contributed by atoms with E-state index in [1.807, 2.05) is 12.1 Å². The van der Waals surface area contributed by atoms with Gasteiger partial charge in [-0.2, -0.15) is 0 Å². The summed E-state index contributed by atoms with van der Waals surface area (Å²) in [6, 6.07) is 7.23. The zero-order valence-corrected chi connectivity index (χ0v) is 16.6. The molecule has 1 atom stereocenters. The van der Waals surface area contributed by atoms with Gasteiger partial charge in [-0.3, -0.25) is 14.6 Å². The molecule has 0 bridgehead atoms. The second-order valence-electron chi connectivity index (χ2n) is 8.23. The third-order valence-electron chi connectivity index (χ3n) is 6.12. The van der Waals surface area contributed by atoms with Crippen LogP contribution < -0.4 is 4.90 Å². The number of Topliss-reactive ketones (excluding diaryl/α,β-unsaturated/α-hetero) is 1. The highest BCUT2D eigenvalue weighted by Gasteiger charge is 2.43. The molecule has 1 N–H and O–H groups in total. The standard InChI is InChI=1S/C22H26N4O3/c1-16(27)17-4-5-20(24-13-17)25-9-6-22(7-10-25)11-19(28)14-26(15-22)21(29)18-3-2-8-23-12-18/h2-5,8,12-13,19,28H,6-7,9-11,14-15H2,1H3. The van der Waals surface area contributed by atoms with E-state index in [-0.39, 0.29) is 17.1 Å². The Morgan fingerprint density at radius 3 is 2.55 bits per heavy atom. The van der Waals surface area contributed by atoms with Crippen molar-refractivity contribution in [2.24, 2.45) is 5.41 Å². The van der Waals surface area contributed by atoms with Crippen LogP contribution >= 0.6 is 0 Å². The highest BCUT2D eigenvalue weighted by atomic mass is 16.3. The van der Waals surface area contributed by atoms with Gasteiger partial charge in [0.2, 0.25) is 0 Å². The van der Waals surface area contributed by atoms with Gasteiger partial charge in [0.15, 0.2) is 5.78 Å². The van der Waals surface area contributed by atoms with E-state index < -0.39 is 6.10 Å². The molecule has 2 saturated heterocycles. The lowest BCUT2D eigenvalue weighted by molar-refractivity contribution is -0.0150. The lowest BCUT2D eigenvalue weighted by Crippen LogP contribution is -2.55. The fourth-order valence-corrected chi connectivity index (χ4v) is 4.53. The molecule has 2 fully saturated rings. The number of aromatic nitrogens is 2. The van der Waals surface area contributed by atoms with Crippen LogP contribution in [0.4, 0.5) is 5.82 Å². The molecule has 7 nitrogen and oxygen atoms in total. The number of hydrogen-bond donors (Lipinski definition) is 1. The quantitative estimate of drug-likeness (QED) is 0.803. The minimum absolute atomic E-state index is 0.0104. The molecule has 1 spiro atoms. The second-order valence-corrected chi connectivity index (χ2v) is 8.23. The van der Waals surface area contributed by atoms with Crippen molar-refractivity contribution in [3.05, 3.63) is 54.0 Å². The average Bonchev–Trinajstić information content (AvgIpc) is 2.74. The maximum atomic E-state index is 12.9. The molecule has 2 aromatic rings. The fraction of sp³-hybridized carbons (Fsp3) is 0.455. The Morgan fingerprint density at radius 1 is 1.14 bits per heavy atom. The zero-order chi connectivity index (χ0) is 20.4. The van der Waals surface area contributed by atoms with Crippen molar-refractivity contribution < 1.29 is 14.7 Å². The van der Waals surface area contributed by atoms with Crippen LogP contribution in [0.5, 0.6) is 0 Å². The number of nitrogens with zero attached hydrogens (tertiary/aromatic N) is 4. The molecule has 2 aliphatic heterocycles. The molecular weight excluding hydrogens is 368 g/mol. The molecule has 152 valence electrons. The van der Waals surface area contributed by atoms with Crippen LogP contribution in [0.25, 0.3) is 0 Å². The number of pyridine rings is 2. The molecule has 1 unspecified atom stereocenters. The summed E-state index contributed by atoms with van der Waals surface area (Å²) in [5.74, 6) is 0.806. The van der Waals surface area contributed by atoms with Crippen LogP contribution in [0.3, 0.4) is 0 Å². The van der Waals surface area contributed by atoms with Crippen molar-refractivity contribution >= 4 is 17.5 Å². The number of carbonyl (C=O) groups excluding carboxylic acids is 2. The fourth-order valence-electron chi connectivity index (χ4n) is 4.53. The van der Waals surface area contributed by atoms with Crippen LogP contribution in [-0.4, -0.2) is 63.9 Å². The molecule has 2 aromatic heterocycles. The van der Waals surface area contributed by atoms with Gasteiger partial charge in [0, 0.05) is 50.3 Å². The SMILES string of the molecule is CC(=O)c1ccc(N2CCC3(CC2)CC(O)CN(C(=O)c2cccnc2)C3)nc1. The monoisotopic (exact) mass is 394 g/mol. The van der Waals surface area contributed by atoms with Crippen molar-refractivity contribution in [3.8, 4) is 0 Å². The molecular formula is C22H26N4O3. The van der Waals surface area contributed by atoms with Gasteiger partial charge in [-0.1, -0.05) is 0 Å². The number of ketones is 1. The van der Waals surface area contributed by atoms with E-state index in [9.17, 15) is 14.7 Å². The van der Waals surface area contributed by atoms with Crippen molar-refractivity contribution in [3.63, 3.8) is 0 Å². The molecule has 0 aromatic carbocycles. The summed E-state index contributed by atoms with van der Waals surface area (Å²) in [6.07, 6.45) is 6.83. The summed E-state index contributed by atoms with van der Waals surface area (Å²) in [5.41, 5.74) is 1.09. The summed E-state index contributed by atoms with van der Waals surface area (Å²) in [6.45, 7) is 4.19. The van der Waals surface area contributed by atoms with Crippen molar-refractivity contribution in [1.82, 2.24) is 14.9 Å². The van der Waals surface area contributed by atoms with Gasteiger partial charge in [0.25, 0.3) is 5.91 Å². The smallest absolute Gasteiger partial charge is 0.255 e. The van der Waals surface area contributed by atoms with E-state index >= 15 is 0 Å². The molecule has 7 heteroatoms. The molecule has 1 amide bonds. The number of rotatable bonds is 3. The predicted octanol–water partition coefficient (Wildman–Crippen LogP) is 2.17. The second kappa shape index (κ2) is 7.91. The first-order valence-electron chi connectivity index (χ1n) is 10.1. The van der Waals surface area contributed by atoms with Crippen LogP contribution in [0, 0.1) is 5.41 Å². The largest absolute Gasteiger partial charge is 0.391 e. The Hall–Kier alpha value is -2.80. The van der Waals surface area contributed by atoms with Gasteiger partial charge in [-0.25, -0.2) is 4.98 Å². The predicted molar refractivity (Wildman–Crippen MR) is 109 cm³/mol. The normalized spacial score (nSPS) is 21.2. The topological polar surface area (TPSA) is 86.6 Å². The van der Waals surface area contributed by atoms with Gasteiger partial charge in [-0.15, -0.1) is 0 Å². The summed E-state index contributed by atoms with van der Waals surface area (Å²) in [5, 5.41) is 10.5. The lowest BCUT2D eigenvalue weighted by Gasteiger charge is -2.49. The van der Waals surface area contributed by atoms with Crippen LogP contribution in [0.2, 0.25) is 0 Å². The van der Waals surface area contributed by atoms with E-state index in [4.69, 9.17) is 0 Å². The molecule has 29 heavy (non-hydrogen) atoms. The highest BCUT2D eigenvalue weighted by Crippen LogP contribution is 2.41. The summed E-state index contributed by atoms with van der Waals surface area (Å²) in [7, 11) is 0. The maximum absolute atomic E-state index is 12.9. The Bertz CT molecular complexity index is 877. The number of piperidine rings is 2. The molecule has 2 aliphatic rings. The van der Waals surface area contributed by atoms with Crippen molar-refractivity contribution in [2.45, 2.75) is 32.3 Å². The third kappa shape index (κ3) is 4.15. The molecule has 0 saturated carbocycles. The Labute approximate surface area is 170 Å². The van der Waals surface area contributed by atoms with E-state index in [0.29, 0.717) is 30.6 Å². The van der Waals surface area contributed by atoms with Gasteiger partial charge in [-0.05, 0) is 55.9 Å². The number of amides is 1. The van der Waals surface area contributed by atoms with Crippen molar-refractivity contribution in [1.29, 1.82) is 0 Å². The lowest BCUT2D eigenvalue weighted by atomic mass is 9.71. The molecule has 4 heterocycles. The van der Waals surface area contributed by atoms with Crippen LogP contribution in [-0.2, 0) is 0 Å². The Morgan fingerprint density at radius 2 is 1.93 bits per heavy atom. The summed E-state index contributed by atoms with van der Waals surface area (Å²) >= 11 is 0. The van der Waals surface area contributed by atoms with Crippen LogP contribution in [0.1, 0.15) is 46.9 Å². The Balaban J connectivity index is 1.44. The first-order chi connectivity index (χ1) is 14.0. The average molecular weight is 394 g/mol. The zero-order valence-electron chi connectivity index (χ0n) is 16.6. The Kier molecular flexibility index (Phi) is 5.32. The van der Waals surface area contributed by atoms with Crippen LogP contribution in [0.15, 0.2) is 42.9 Å². The number of aliphatic hydroxyl groups excluding tert-OH is 1. The number of hydrogen-bond acceptors (Lipinski definition) is 6. The third-order valence-corrected chi connectivity index (χ3v) is 6.12. The maximum Gasteiger partial charge on any atom is 0.255 e. The van der Waals surface area contributed by atoms with Gasteiger partial charge in [0.05, 0.1) is 11.7 Å². The van der Waals surface area contributed by atoms with E-state index in [0.717, 1.165) is 31.7 Å². The minimum atomic E-state index is -0.510. The van der Waals surface area contributed by atoms with E-state index in [1.165, 1.54) is 6.92 Å². The highest BCUT2D eigenvalue weighted by molar-refractivity contribution is 5.94. The van der Waals surface area contributed by atoms with E-state index in [1.54, 1.807) is 35.6 Å². The summed E-state index contributed by atoms with van der Waals surface area (Å²) < 4.78 is 0. The minimum Gasteiger partial charge on any atom is -0.391 e. The van der Waals surface area contributed by atoms with Gasteiger partial charge in [0.1, 0.15) is 5.82 Å². The van der Waals surface area contributed by atoms with E-state index in [2.05, 4.69) is 14.9 Å². The molecule has 0 aliphatic carbocycles. The summed E-state index contributed by atoms with van der Waals surface area (Å²) in [4.78, 5) is 36.8. The molecule has 0 radical (unpaired) electrons. The first-order valence-corrected chi connectivity index (χ1v) is 10.1. The number of anilines is 1. The number of carbonyl (C=O) groups is 2. The van der Waals surface area contributed by atoms with Gasteiger partial charge >= 0.3 is 0 Å². The van der Waals surface area contributed by atoms with Crippen molar-refractivity contribution in [2.75, 3.05) is 31.1 Å². The number of likely N-dealkylation sites (tertiary alicyclic amines) is 1. The molecule has 4 rings (SSSR count). The number of β-amino-alcohol motifs (C(OH)–C–C–N with tert-alkyl or cyclic N) is 1. The first kappa shape index (κ1) is 19.5. The van der Waals surface area contributed by atoms with Gasteiger partial charge < -0.3 is 14.9 Å².